The van der Waals surface area contributed by atoms with E-state index in [2.05, 4.69) is 20.1 Å². The number of anilines is 2. The number of alkyl halides is 12. The Morgan fingerprint density at radius 1 is 0.569 bits per heavy atom. The number of phenolic OH excluding ortho intramolecular Hbond substituents is 1. The summed E-state index contributed by atoms with van der Waals surface area (Å²) in [7, 11) is -5.58. The molecular weight excluding hydrogens is 1130 g/mol. The number of ether oxygens (including phenoxy) is 2. The van der Waals surface area contributed by atoms with Gasteiger partial charge in [-0.25, -0.2) is 0 Å². The SMILES string of the molecule is C.C.CS(=O)(=O)Oc1ccc(I)cc1C(=O)Nc1cccc(C(F)(F)F)c1.O=C(Nc1cccc(C(F)(F)F)c1)c1cc(-c2ccc(OC(F)(F)F)cc2)ccc1O.OB(O)c1ccc(OC(F)(F)F)cc1. The standard InChI is InChI=1S/C21H13F6NO3.C15H11F3INO4S.C7H6BF3O3.2CH4/c22-20(23,24)14-2-1-3-15(11-14)28-19(30)17-10-13(6-9-18(17)29)12-4-7-16(8-5-12)31-21(25,26)27;1-25(22,23)24-13-6-5-10(19)8-12(13)14(21)20-11-4-2-3-9(7-11)15(16,17)18;9-7(10,11)14-6-3-1-5(2-4-6)8(12)13;;/h1-11,29H,(H,28,30);2-8H,1H3,(H,20,21);1-4,12-13H;2*1H4. The molecule has 0 aromatic heterocycles. The molecule has 0 aliphatic heterocycles. The maximum atomic E-state index is 12.8. The second kappa shape index (κ2) is 25.1. The van der Waals surface area contributed by atoms with Crippen molar-refractivity contribution in [2.24, 2.45) is 0 Å². The number of carbonyl (C=O) groups is 2. The van der Waals surface area contributed by atoms with Crippen LogP contribution < -0.4 is 29.8 Å². The second-order valence-electron chi connectivity index (χ2n) is 13.8. The number of carbonyl (C=O) groups excluding carboxylic acids is 2. The third kappa shape index (κ3) is 20.2. The summed E-state index contributed by atoms with van der Waals surface area (Å²) in [6, 6.07) is 25.2. The highest BCUT2D eigenvalue weighted by molar-refractivity contribution is 14.1. The van der Waals surface area contributed by atoms with Crippen LogP contribution in [0.5, 0.6) is 23.0 Å². The molecule has 27 heteroatoms. The molecule has 6 rings (SSSR count). The Kier molecular flexibility index (Phi) is 21.4. The molecule has 0 spiro atoms. The van der Waals surface area contributed by atoms with Crippen LogP contribution in [0, 0.1) is 3.57 Å². The number of benzene rings is 6. The largest absolute Gasteiger partial charge is 0.573 e. The summed E-state index contributed by atoms with van der Waals surface area (Å²) in [4.78, 5) is 24.9. The van der Waals surface area contributed by atoms with E-state index in [0.717, 1.165) is 79.1 Å². The first-order chi connectivity index (χ1) is 32.3. The third-order valence-corrected chi connectivity index (χ3v) is 9.55. The first-order valence-electron chi connectivity index (χ1n) is 18.8. The maximum absolute atomic E-state index is 12.8. The van der Waals surface area contributed by atoms with Crippen molar-refractivity contribution in [3.63, 3.8) is 0 Å². The highest BCUT2D eigenvalue weighted by Gasteiger charge is 2.33. The predicted octanol–water partition coefficient (Wildman–Crippen LogP) is 11.7. The fourth-order valence-electron chi connectivity index (χ4n) is 5.45. The molecular formula is C45H38BF12IN2O10S. The first kappa shape index (κ1) is 61.4. The Labute approximate surface area is 416 Å². The minimum absolute atomic E-state index is 0. The number of hydrogen-bond acceptors (Lipinski definition) is 10. The zero-order chi connectivity index (χ0) is 52.4. The van der Waals surface area contributed by atoms with Crippen molar-refractivity contribution in [2.75, 3.05) is 16.9 Å². The highest BCUT2D eigenvalue weighted by Crippen LogP contribution is 2.34. The molecule has 5 N–H and O–H groups in total. The zero-order valence-electron chi connectivity index (χ0n) is 34.8. The van der Waals surface area contributed by atoms with Gasteiger partial charge in [-0.15, -0.1) is 26.3 Å². The Balaban J connectivity index is 0.000000389. The normalized spacial score (nSPS) is 11.4. The summed E-state index contributed by atoms with van der Waals surface area (Å²) in [6.45, 7) is 0. The van der Waals surface area contributed by atoms with Gasteiger partial charge in [0.05, 0.1) is 28.5 Å². The second-order valence-corrected chi connectivity index (χ2v) is 16.6. The van der Waals surface area contributed by atoms with Crippen LogP contribution in [0.1, 0.15) is 46.7 Å². The van der Waals surface area contributed by atoms with E-state index >= 15 is 0 Å². The number of nitrogens with one attached hydrogen (secondary N) is 2. The van der Waals surface area contributed by atoms with Crippen molar-refractivity contribution in [1.82, 2.24) is 0 Å². The minimum Gasteiger partial charge on any atom is -0.507 e. The summed E-state index contributed by atoms with van der Waals surface area (Å²) in [5, 5.41) is 31.9. The van der Waals surface area contributed by atoms with Crippen molar-refractivity contribution < 1.29 is 99.5 Å². The van der Waals surface area contributed by atoms with Crippen molar-refractivity contribution in [1.29, 1.82) is 0 Å². The van der Waals surface area contributed by atoms with Crippen LogP contribution in [0.3, 0.4) is 0 Å². The molecule has 0 heterocycles. The molecule has 6 aromatic carbocycles. The molecule has 0 radical (unpaired) electrons. The van der Waals surface area contributed by atoms with Crippen LogP contribution in [0.4, 0.5) is 64.1 Å². The van der Waals surface area contributed by atoms with Crippen molar-refractivity contribution in [3.05, 3.63) is 159 Å². The molecule has 0 bridgehead atoms. The van der Waals surface area contributed by atoms with E-state index in [1.54, 1.807) is 0 Å². The fraction of sp³-hybridized carbons (Fsp3) is 0.156. The Hall–Kier alpha value is -6.72. The lowest BCUT2D eigenvalue weighted by molar-refractivity contribution is -0.275. The number of hydrogen-bond donors (Lipinski definition) is 5. The quantitative estimate of drug-likeness (QED) is 0.0383. The van der Waals surface area contributed by atoms with Crippen LogP contribution in [-0.2, 0) is 22.5 Å². The summed E-state index contributed by atoms with van der Waals surface area (Å²) in [5.41, 5.74) is -1.53. The third-order valence-electron chi connectivity index (χ3n) is 8.40. The lowest BCUT2D eigenvalue weighted by Gasteiger charge is -2.12. The van der Waals surface area contributed by atoms with Gasteiger partial charge in [0, 0.05) is 14.9 Å². The van der Waals surface area contributed by atoms with Gasteiger partial charge in [-0.3, -0.25) is 9.59 Å². The summed E-state index contributed by atoms with van der Waals surface area (Å²) in [6.07, 6.45) is -17.9. The molecule has 6 aromatic rings. The van der Waals surface area contributed by atoms with E-state index in [0.29, 0.717) is 14.7 Å². The number of amides is 2. The van der Waals surface area contributed by atoms with Crippen LogP contribution in [0.2, 0.25) is 0 Å². The van der Waals surface area contributed by atoms with E-state index in [1.165, 1.54) is 60.7 Å². The molecule has 0 saturated heterocycles. The van der Waals surface area contributed by atoms with Crippen LogP contribution in [0.15, 0.2) is 133 Å². The smallest absolute Gasteiger partial charge is 0.507 e. The molecule has 72 heavy (non-hydrogen) atoms. The number of aromatic hydroxyl groups is 1. The zero-order valence-corrected chi connectivity index (χ0v) is 37.8. The van der Waals surface area contributed by atoms with Gasteiger partial charge in [-0.05, 0) is 130 Å². The summed E-state index contributed by atoms with van der Waals surface area (Å²) in [5.74, 6) is -3.13. The summed E-state index contributed by atoms with van der Waals surface area (Å²) >= 11 is 1.91. The Bertz CT molecular complexity index is 2890. The van der Waals surface area contributed by atoms with Crippen molar-refractivity contribution >= 4 is 68.5 Å². The molecule has 0 aliphatic carbocycles. The molecule has 0 aliphatic rings. The van der Waals surface area contributed by atoms with Gasteiger partial charge in [-0.1, -0.05) is 57.3 Å². The van der Waals surface area contributed by atoms with Crippen LogP contribution in [0.25, 0.3) is 11.1 Å². The first-order valence-corrected chi connectivity index (χ1v) is 21.7. The molecule has 0 atom stereocenters. The average Bonchev–Trinajstić information content (AvgIpc) is 3.23. The lowest BCUT2D eigenvalue weighted by Crippen LogP contribution is -2.29. The number of halogens is 13. The van der Waals surface area contributed by atoms with Gasteiger partial charge >= 0.3 is 42.3 Å². The van der Waals surface area contributed by atoms with Crippen molar-refractivity contribution in [3.8, 4) is 34.1 Å². The fourth-order valence-corrected chi connectivity index (χ4v) is 6.41. The van der Waals surface area contributed by atoms with Crippen molar-refractivity contribution in [2.45, 2.75) is 39.9 Å². The number of phenols is 1. The molecule has 388 valence electrons. The van der Waals surface area contributed by atoms with E-state index in [4.69, 9.17) is 14.2 Å². The van der Waals surface area contributed by atoms with Gasteiger partial charge in [-0.2, -0.15) is 34.8 Å². The van der Waals surface area contributed by atoms with E-state index in [1.807, 2.05) is 22.6 Å². The summed E-state index contributed by atoms with van der Waals surface area (Å²) < 4.78 is 184. The van der Waals surface area contributed by atoms with Gasteiger partial charge in [0.2, 0.25) is 0 Å². The Morgan fingerprint density at radius 2 is 1.00 bits per heavy atom. The number of rotatable bonds is 10. The molecule has 2 amide bonds. The molecule has 0 fully saturated rings. The average molecular weight is 1160 g/mol. The Morgan fingerprint density at radius 3 is 1.42 bits per heavy atom. The van der Waals surface area contributed by atoms with Gasteiger partial charge in [0.1, 0.15) is 17.2 Å². The van der Waals surface area contributed by atoms with Gasteiger partial charge < -0.3 is 39.4 Å². The van der Waals surface area contributed by atoms with E-state index in [9.17, 15) is 75.8 Å². The van der Waals surface area contributed by atoms with Gasteiger partial charge in [0.25, 0.3) is 11.8 Å². The minimum atomic E-state index is -4.84. The highest BCUT2D eigenvalue weighted by atomic mass is 127. The van der Waals surface area contributed by atoms with Gasteiger partial charge in [0.15, 0.2) is 5.75 Å². The van der Waals surface area contributed by atoms with Crippen LogP contribution in [-0.4, -0.2) is 61.5 Å². The molecule has 12 nitrogen and oxygen atoms in total. The predicted molar refractivity (Wildman–Crippen MR) is 250 cm³/mol. The van der Waals surface area contributed by atoms with E-state index < -0.39 is 82.5 Å². The molecule has 0 saturated carbocycles. The topological polar surface area (TPSA) is 181 Å². The monoisotopic (exact) mass is 1160 g/mol. The van der Waals surface area contributed by atoms with Crippen LogP contribution >= 0.6 is 22.6 Å². The van der Waals surface area contributed by atoms with E-state index in [-0.39, 0.29) is 48.6 Å². The maximum Gasteiger partial charge on any atom is 0.573 e. The molecule has 0 unspecified atom stereocenters. The lowest BCUT2D eigenvalue weighted by atomic mass is 9.80.